The first-order valence-electron chi connectivity index (χ1n) is 6.37. The Balaban J connectivity index is 0.000000240. The van der Waals surface area contributed by atoms with E-state index in [0.717, 1.165) is 32.0 Å². The van der Waals surface area contributed by atoms with Gasteiger partial charge in [-0.15, -0.1) is 0 Å². The number of benzene rings is 1. The van der Waals surface area contributed by atoms with Crippen molar-refractivity contribution in [1.82, 2.24) is 5.32 Å². The van der Waals surface area contributed by atoms with Crippen molar-refractivity contribution >= 4 is 6.29 Å². The molecule has 0 saturated carbocycles. The summed E-state index contributed by atoms with van der Waals surface area (Å²) in [6, 6.07) is 2.41. The van der Waals surface area contributed by atoms with Crippen molar-refractivity contribution in [3.05, 3.63) is 23.5 Å². The average molecular weight is 285 g/mol. The Morgan fingerprint density at radius 3 is 2.20 bits per heavy atom. The second-order valence-electron chi connectivity index (χ2n) is 4.33. The summed E-state index contributed by atoms with van der Waals surface area (Å²) in [5.41, 5.74) is -0.0438. The Morgan fingerprint density at radius 2 is 1.80 bits per heavy atom. The number of aliphatic hydroxyl groups is 1. The van der Waals surface area contributed by atoms with Gasteiger partial charge in [-0.05, 0) is 32.0 Å². The zero-order chi connectivity index (χ0) is 15.0. The summed E-state index contributed by atoms with van der Waals surface area (Å²) in [6.45, 7) is 1.97. The van der Waals surface area contributed by atoms with E-state index in [4.69, 9.17) is 14.6 Å². The molecule has 0 atom stereocenters. The first-order valence-corrected chi connectivity index (χ1v) is 6.37. The van der Waals surface area contributed by atoms with E-state index >= 15 is 0 Å². The first kappa shape index (κ1) is 16.4. The van der Waals surface area contributed by atoms with Crippen LogP contribution in [0.25, 0.3) is 0 Å². The number of carbonyl (C=O) groups excluding carboxylic acids is 1. The van der Waals surface area contributed by atoms with Crippen molar-refractivity contribution in [2.45, 2.75) is 18.9 Å². The van der Waals surface area contributed by atoms with Crippen molar-refractivity contribution in [2.24, 2.45) is 0 Å². The van der Waals surface area contributed by atoms with Crippen molar-refractivity contribution in [3.8, 4) is 11.5 Å². The average Bonchev–Trinajstić information content (AvgIpc) is 2.48. The second-order valence-corrected chi connectivity index (χ2v) is 4.33. The van der Waals surface area contributed by atoms with Crippen LogP contribution < -0.4 is 14.8 Å². The number of nitrogens with one attached hydrogen (secondary N) is 1. The third-order valence-corrected chi connectivity index (χ3v) is 2.94. The van der Waals surface area contributed by atoms with Crippen LogP contribution in [0, 0.1) is 5.82 Å². The Bertz CT molecular complexity index is 433. The summed E-state index contributed by atoms with van der Waals surface area (Å²) in [7, 11) is 2.82. The van der Waals surface area contributed by atoms with Crippen molar-refractivity contribution in [3.63, 3.8) is 0 Å². The van der Waals surface area contributed by atoms with E-state index in [9.17, 15) is 9.18 Å². The molecule has 1 aromatic carbocycles. The molecule has 1 fully saturated rings. The summed E-state index contributed by atoms with van der Waals surface area (Å²) in [4.78, 5) is 10.4. The van der Waals surface area contributed by atoms with Crippen LogP contribution in [0.2, 0.25) is 0 Å². The molecule has 1 aromatic rings. The van der Waals surface area contributed by atoms with Crippen LogP contribution in [-0.2, 0) is 0 Å². The predicted molar refractivity (Wildman–Crippen MR) is 73.0 cm³/mol. The highest BCUT2D eigenvalue weighted by Gasteiger charge is 2.09. The molecule has 0 spiro atoms. The Morgan fingerprint density at radius 1 is 1.25 bits per heavy atom. The zero-order valence-corrected chi connectivity index (χ0v) is 11.7. The van der Waals surface area contributed by atoms with Gasteiger partial charge in [0.15, 0.2) is 17.8 Å². The van der Waals surface area contributed by atoms with E-state index in [-0.39, 0.29) is 17.4 Å². The molecule has 0 aliphatic carbocycles. The van der Waals surface area contributed by atoms with Crippen molar-refractivity contribution < 1.29 is 23.8 Å². The number of aliphatic hydroxyl groups excluding tert-OH is 1. The number of methoxy groups -OCH3 is 2. The molecule has 5 nitrogen and oxygen atoms in total. The fraction of sp³-hybridized carbons (Fsp3) is 0.500. The van der Waals surface area contributed by atoms with Crippen LogP contribution >= 0.6 is 0 Å². The monoisotopic (exact) mass is 285 g/mol. The fourth-order valence-electron chi connectivity index (χ4n) is 1.77. The van der Waals surface area contributed by atoms with E-state index in [1.165, 1.54) is 20.3 Å². The maximum absolute atomic E-state index is 13.0. The molecular weight excluding hydrogens is 265 g/mol. The number of ether oxygens (including phenoxy) is 2. The highest BCUT2D eigenvalue weighted by atomic mass is 19.1. The standard InChI is InChI=1S/C9H9FO3.C5H11NO/c1-12-8-3-6(5-11)7(10)4-9(8)13-2;7-5-1-3-6-4-2-5/h3-5H,1-2H3;5-7H,1-4H2. The maximum Gasteiger partial charge on any atom is 0.163 e. The molecule has 2 rings (SSSR count). The summed E-state index contributed by atoms with van der Waals surface area (Å²) < 4.78 is 22.7. The molecule has 1 aliphatic heterocycles. The van der Waals surface area contributed by atoms with Gasteiger partial charge < -0.3 is 19.9 Å². The van der Waals surface area contributed by atoms with Gasteiger partial charge in [-0.25, -0.2) is 4.39 Å². The fourth-order valence-corrected chi connectivity index (χ4v) is 1.77. The topological polar surface area (TPSA) is 67.8 Å². The van der Waals surface area contributed by atoms with Gasteiger partial charge in [0.05, 0.1) is 25.9 Å². The lowest BCUT2D eigenvalue weighted by Gasteiger charge is -2.16. The minimum absolute atomic E-state index is 0.0266. The normalized spacial score (nSPS) is 15.0. The molecule has 1 saturated heterocycles. The summed E-state index contributed by atoms with van der Waals surface area (Å²) in [5, 5.41) is 12.0. The van der Waals surface area contributed by atoms with Crippen LogP contribution in [0.3, 0.4) is 0 Å². The molecule has 1 aliphatic rings. The van der Waals surface area contributed by atoms with Crippen LogP contribution in [0.4, 0.5) is 4.39 Å². The third kappa shape index (κ3) is 4.79. The molecule has 1 heterocycles. The molecule has 2 N–H and O–H groups in total. The Labute approximate surface area is 117 Å². The van der Waals surface area contributed by atoms with Gasteiger partial charge in [0.1, 0.15) is 5.82 Å². The molecule has 6 heteroatoms. The lowest BCUT2D eigenvalue weighted by atomic mass is 10.1. The molecule has 20 heavy (non-hydrogen) atoms. The lowest BCUT2D eigenvalue weighted by Crippen LogP contribution is -2.30. The number of hydrogen-bond donors (Lipinski definition) is 2. The van der Waals surface area contributed by atoms with Crippen molar-refractivity contribution in [2.75, 3.05) is 27.3 Å². The van der Waals surface area contributed by atoms with Crippen LogP contribution in [0.15, 0.2) is 12.1 Å². The van der Waals surface area contributed by atoms with E-state index in [0.29, 0.717) is 12.0 Å². The van der Waals surface area contributed by atoms with E-state index in [1.54, 1.807) is 0 Å². The van der Waals surface area contributed by atoms with Gasteiger partial charge in [-0.1, -0.05) is 0 Å². The molecular formula is C14H20FNO4. The number of aldehydes is 1. The van der Waals surface area contributed by atoms with Crippen LogP contribution in [-0.4, -0.2) is 44.8 Å². The first-order chi connectivity index (χ1) is 9.62. The second kappa shape index (κ2) is 8.50. The predicted octanol–water partition coefficient (Wildman–Crippen LogP) is 1.39. The Hall–Kier alpha value is -1.66. The quantitative estimate of drug-likeness (QED) is 0.821. The van der Waals surface area contributed by atoms with Crippen molar-refractivity contribution in [1.29, 1.82) is 0 Å². The highest BCUT2D eigenvalue weighted by molar-refractivity contribution is 5.76. The van der Waals surface area contributed by atoms with Gasteiger partial charge >= 0.3 is 0 Å². The van der Waals surface area contributed by atoms with Gasteiger partial charge in [-0.2, -0.15) is 0 Å². The highest BCUT2D eigenvalue weighted by Crippen LogP contribution is 2.28. The van der Waals surface area contributed by atoms with E-state index in [1.807, 2.05) is 0 Å². The summed E-state index contributed by atoms with van der Waals surface area (Å²) in [5.74, 6) is -0.00995. The van der Waals surface area contributed by atoms with Gasteiger partial charge in [0, 0.05) is 6.07 Å². The number of hydrogen-bond acceptors (Lipinski definition) is 5. The molecule has 0 unspecified atom stereocenters. The summed E-state index contributed by atoms with van der Waals surface area (Å²) >= 11 is 0. The molecule has 0 bridgehead atoms. The SMILES string of the molecule is COc1cc(F)c(C=O)cc1OC.OC1CCNCC1. The molecule has 0 aromatic heterocycles. The largest absolute Gasteiger partial charge is 0.493 e. The van der Waals surface area contributed by atoms with Crippen LogP contribution in [0.1, 0.15) is 23.2 Å². The van der Waals surface area contributed by atoms with Gasteiger partial charge in [0.2, 0.25) is 0 Å². The zero-order valence-electron chi connectivity index (χ0n) is 11.7. The molecule has 0 amide bonds. The number of rotatable bonds is 3. The number of carbonyl (C=O) groups is 1. The third-order valence-electron chi connectivity index (χ3n) is 2.94. The van der Waals surface area contributed by atoms with E-state index in [2.05, 4.69) is 5.32 Å². The van der Waals surface area contributed by atoms with Gasteiger partial charge in [-0.3, -0.25) is 4.79 Å². The summed E-state index contributed by atoms with van der Waals surface area (Å²) in [6.07, 6.45) is 2.26. The maximum atomic E-state index is 13.0. The minimum atomic E-state index is -0.618. The van der Waals surface area contributed by atoms with Crippen LogP contribution in [0.5, 0.6) is 11.5 Å². The minimum Gasteiger partial charge on any atom is -0.493 e. The molecule has 112 valence electrons. The van der Waals surface area contributed by atoms with E-state index < -0.39 is 5.82 Å². The smallest absolute Gasteiger partial charge is 0.163 e. The number of halogens is 1. The number of piperidine rings is 1. The van der Waals surface area contributed by atoms with Gasteiger partial charge in [0.25, 0.3) is 0 Å². The molecule has 0 radical (unpaired) electrons. The lowest BCUT2D eigenvalue weighted by molar-refractivity contribution is 0.111. The Kier molecular flexibility index (Phi) is 6.97.